The zero-order valence-electron chi connectivity index (χ0n) is 40.6. The van der Waals surface area contributed by atoms with E-state index in [9.17, 15) is 19.2 Å². The van der Waals surface area contributed by atoms with Crippen molar-refractivity contribution >= 4 is 23.9 Å². The smallest absolute Gasteiger partial charge is 0.310 e. The van der Waals surface area contributed by atoms with E-state index in [2.05, 4.69) is 133 Å². The van der Waals surface area contributed by atoms with Crippen molar-refractivity contribution < 1.29 is 43.0 Å². The summed E-state index contributed by atoms with van der Waals surface area (Å²) in [4.78, 5) is 66.4. The first-order valence-corrected chi connectivity index (χ1v) is 22.5. The Morgan fingerprint density at radius 3 is 1.17 bits per heavy atom. The Morgan fingerprint density at radius 1 is 0.500 bits per heavy atom. The summed E-state index contributed by atoms with van der Waals surface area (Å²) in [5, 5.41) is 9.22. The summed E-state index contributed by atoms with van der Waals surface area (Å²) in [5.74, 6) is -7.64. The highest BCUT2D eigenvalue weighted by molar-refractivity contribution is 5.93. The van der Waals surface area contributed by atoms with E-state index in [0.717, 1.165) is 19.3 Å². The monoisotopic (exact) mass is 847 g/mol. The Hall–Kier alpha value is -2.32. The molecular weight excluding hydrogens is 765 g/mol. The van der Waals surface area contributed by atoms with Gasteiger partial charge in [0, 0.05) is 68.0 Å². The summed E-state index contributed by atoms with van der Waals surface area (Å²) >= 11 is 0. The van der Waals surface area contributed by atoms with Crippen LogP contribution in [0.25, 0.3) is 0 Å². The van der Waals surface area contributed by atoms with Crippen LogP contribution in [0.5, 0.6) is 0 Å². The number of carbonyl (C=O) groups excluding carboxylic acids is 4. The number of nitrogens with zero attached hydrogens (tertiary/aromatic N) is 2. The minimum atomic E-state index is -1.31. The van der Waals surface area contributed by atoms with E-state index in [-0.39, 0.29) is 95.3 Å². The molecule has 0 spiro atoms. The van der Waals surface area contributed by atoms with Crippen molar-refractivity contribution in [1.29, 1.82) is 0 Å². The van der Waals surface area contributed by atoms with E-state index in [1.54, 1.807) is 7.11 Å². The van der Waals surface area contributed by atoms with E-state index in [1.165, 1.54) is 0 Å². The molecule has 0 amide bonds. The molecule has 1 aliphatic carbocycles. The van der Waals surface area contributed by atoms with Gasteiger partial charge in [0.1, 0.15) is 0 Å². The van der Waals surface area contributed by atoms with Gasteiger partial charge in [0.2, 0.25) is 0 Å². The van der Waals surface area contributed by atoms with Gasteiger partial charge in [0.15, 0.2) is 0 Å². The maximum absolute atomic E-state index is 14.7. The largest absolute Gasteiger partial charge is 0.465 e. The van der Waals surface area contributed by atoms with Crippen LogP contribution in [0.2, 0.25) is 0 Å². The molecule has 13 heteroatoms. The van der Waals surface area contributed by atoms with E-state index < -0.39 is 53.1 Å². The molecule has 5 fully saturated rings. The number of esters is 4. The van der Waals surface area contributed by atoms with Gasteiger partial charge in [-0.25, -0.2) is 0 Å². The van der Waals surface area contributed by atoms with Crippen molar-refractivity contribution in [3.05, 3.63) is 0 Å². The Kier molecular flexibility index (Phi) is 13.3. The topological polar surface area (TPSA) is 145 Å². The zero-order chi connectivity index (χ0) is 45.4. The van der Waals surface area contributed by atoms with Crippen molar-refractivity contribution in [3.8, 4) is 0 Å². The molecule has 0 aromatic carbocycles. The molecule has 0 aromatic rings. The first-order chi connectivity index (χ1) is 27.2. The number of carbonyl (C=O) groups is 4. The quantitative estimate of drug-likeness (QED) is 0.158. The van der Waals surface area contributed by atoms with Crippen LogP contribution in [0.15, 0.2) is 0 Å². The molecule has 5 rings (SSSR count). The number of nitrogens with one attached hydrogen (secondary N) is 2. The molecule has 344 valence electrons. The van der Waals surface area contributed by atoms with Gasteiger partial charge < -0.3 is 34.4 Å². The zero-order valence-corrected chi connectivity index (χ0v) is 40.6. The van der Waals surface area contributed by atoms with Crippen LogP contribution < -0.4 is 10.6 Å². The Bertz CT molecular complexity index is 1630. The lowest BCUT2D eigenvalue weighted by atomic mass is 9.85. The molecule has 13 nitrogen and oxygen atoms in total. The van der Waals surface area contributed by atoms with Gasteiger partial charge in [-0.15, -0.1) is 0 Å². The summed E-state index contributed by atoms with van der Waals surface area (Å²) < 4.78 is 24.6. The summed E-state index contributed by atoms with van der Waals surface area (Å²) in [6.45, 7) is 34.2. The number of hydrogen-bond acceptors (Lipinski definition) is 13. The van der Waals surface area contributed by atoms with Crippen LogP contribution >= 0.6 is 0 Å². The predicted molar refractivity (Wildman–Crippen MR) is 230 cm³/mol. The molecule has 4 aliphatic heterocycles. The number of rotatable bonds is 13. The van der Waals surface area contributed by atoms with Crippen LogP contribution in [-0.2, 0) is 43.0 Å². The van der Waals surface area contributed by atoms with Crippen LogP contribution in [0.1, 0.15) is 143 Å². The fourth-order valence-electron chi connectivity index (χ4n) is 12.6. The highest BCUT2D eigenvalue weighted by Crippen LogP contribution is 2.49. The summed E-state index contributed by atoms with van der Waals surface area (Å²) in [6, 6.07) is 0. The lowest BCUT2D eigenvalue weighted by Crippen LogP contribution is -2.49. The van der Waals surface area contributed by atoms with Crippen molar-refractivity contribution in [2.24, 2.45) is 47.3 Å². The second kappa shape index (κ2) is 16.3. The molecule has 0 bridgehead atoms. The minimum absolute atomic E-state index is 0.00743. The number of likely N-dealkylation sites (tertiary alicyclic amines) is 1. The van der Waals surface area contributed by atoms with Crippen LogP contribution in [0.3, 0.4) is 0 Å². The summed E-state index contributed by atoms with van der Waals surface area (Å²) in [7, 11) is 3.73. The van der Waals surface area contributed by atoms with E-state index in [0.29, 0.717) is 6.42 Å². The molecule has 0 radical (unpaired) electrons. The minimum Gasteiger partial charge on any atom is -0.465 e. The molecule has 5 aliphatic rings. The summed E-state index contributed by atoms with van der Waals surface area (Å²) in [6.07, 6.45) is 2.94. The molecule has 60 heavy (non-hydrogen) atoms. The number of hydroxylamine groups is 2. The van der Waals surface area contributed by atoms with Crippen molar-refractivity contribution in [1.82, 2.24) is 20.6 Å². The van der Waals surface area contributed by atoms with Gasteiger partial charge in [-0.05, 0) is 150 Å². The van der Waals surface area contributed by atoms with E-state index in [4.69, 9.17) is 23.8 Å². The van der Waals surface area contributed by atoms with Crippen LogP contribution in [-0.4, -0.2) is 119 Å². The predicted octanol–water partition coefficient (Wildman–Crippen LogP) is 6.31. The molecule has 0 aromatic heterocycles. The number of hydrogen-bond donors (Lipinski definition) is 2. The lowest BCUT2D eigenvalue weighted by molar-refractivity contribution is -0.225. The van der Waals surface area contributed by atoms with E-state index in [1.807, 2.05) is 5.06 Å². The van der Waals surface area contributed by atoms with Crippen molar-refractivity contribution in [2.75, 3.05) is 40.6 Å². The SMILES string of the molecule is CON1C(C)(C)CC(COC(=O)C2CC(C(=O)OCC3CC(C)(C)NC3(C)C)C(C(=O)OCC3CC(C)(C)N(C)C3(C)C)C2C(=O)OCC2CC(C)(C)NC2(C)C)C1(C)C. The maximum atomic E-state index is 14.7. The molecule has 4 heterocycles. The Labute approximate surface area is 361 Å². The summed E-state index contributed by atoms with van der Waals surface area (Å²) in [5.41, 5.74) is -2.13. The first-order valence-electron chi connectivity index (χ1n) is 22.5. The van der Waals surface area contributed by atoms with Gasteiger partial charge in [0.25, 0.3) is 0 Å². The fourth-order valence-corrected chi connectivity index (χ4v) is 12.6. The Balaban J connectivity index is 1.46. The van der Waals surface area contributed by atoms with Crippen LogP contribution in [0, 0.1) is 47.3 Å². The molecule has 8 unspecified atom stereocenters. The third-order valence-electron chi connectivity index (χ3n) is 16.0. The molecule has 8 atom stereocenters. The fraction of sp³-hybridized carbons (Fsp3) is 0.915. The highest BCUT2D eigenvalue weighted by atomic mass is 16.7. The van der Waals surface area contributed by atoms with Crippen molar-refractivity contribution in [2.45, 2.75) is 187 Å². The van der Waals surface area contributed by atoms with Gasteiger partial charge in [-0.2, -0.15) is 5.06 Å². The maximum Gasteiger partial charge on any atom is 0.310 e. The standard InChI is InChI=1S/C47H82N4O9/c1-40(2)20-28(44(9,10)48-40)24-57-36(52)32-19-33(37(53)58-27-31-23-43(7,8)51(56-18)47(31,15)16)34(38(54)59-25-29-21-41(3,4)49-45(29,11)12)35(32)39(55)60-26-30-22-42(5,6)50(17)46(30,13)14/h28-35,48-49H,19-27H2,1-18H3. The first kappa shape index (κ1) is 48.7. The molecule has 2 N–H and O–H groups in total. The highest BCUT2D eigenvalue weighted by Gasteiger charge is 2.60. The molecule has 1 saturated carbocycles. The van der Waals surface area contributed by atoms with Gasteiger partial charge in [-0.3, -0.25) is 24.1 Å². The second-order valence-corrected chi connectivity index (χ2v) is 24.1. The Morgan fingerprint density at radius 2 is 0.850 bits per heavy atom. The third kappa shape index (κ3) is 9.60. The molecule has 4 saturated heterocycles. The lowest BCUT2D eigenvalue weighted by Gasteiger charge is -2.39. The van der Waals surface area contributed by atoms with Crippen LogP contribution in [0.4, 0.5) is 0 Å². The van der Waals surface area contributed by atoms with Gasteiger partial charge >= 0.3 is 23.9 Å². The molecular formula is C47H82N4O9. The third-order valence-corrected chi connectivity index (χ3v) is 16.0. The van der Waals surface area contributed by atoms with E-state index >= 15 is 0 Å². The average Bonchev–Trinajstić information content (AvgIpc) is 3.76. The van der Waals surface area contributed by atoms with Crippen molar-refractivity contribution in [3.63, 3.8) is 0 Å². The van der Waals surface area contributed by atoms with Gasteiger partial charge in [-0.1, -0.05) is 0 Å². The average molecular weight is 847 g/mol. The second-order valence-electron chi connectivity index (χ2n) is 24.1. The number of ether oxygens (including phenoxy) is 4. The van der Waals surface area contributed by atoms with Gasteiger partial charge in [0.05, 0.1) is 57.2 Å². The normalized spacial score (nSPS) is 35.6.